The third-order valence-corrected chi connectivity index (χ3v) is 5.64. The number of nitrogens with zero attached hydrogens (tertiary/aromatic N) is 2. The lowest BCUT2D eigenvalue weighted by atomic mass is 10.00. The average Bonchev–Trinajstić information content (AvgIpc) is 2.98. The van der Waals surface area contributed by atoms with Gasteiger partial charge in [0.25, 0.3) is 0 Å². The number of rotatable bonds is 9. The molecule has 3 N–H and O–H groups in total. The molecule has 1 aromatic heterocycles. The molecule has 0 saturated heterocycles. The van der Waals surface area contributed by atoms with Gasteiger partial charge in [0.2, 0.25) is 11.8 Å². The summed E-state index contributed by atoms with van der Waals surface area (Å²) in [6, 6.07) is 23.8. The van der Waals surface area contributed by atoms with Crippen molar-refractivity contribution in [2.45, 2.75) is 6.61 Å². The van der Waals surface area contributed by atoms with E-state index in [1.54, 1.807) is 50.6 Å². The number of fused-ring (bicyclic) bond motifs is 1. The van der Waals surface area contributed by atoms with Crippen LogP contribution in [0.2, 0.25) is 0 Å². The van der Waals surface area contributed by atoms with Gasteiger partial charge >= 0.3 is 0 Å². The lowest BCUT2D eigenvalue weighted by molar-refractivity contribution is -0.115. The monoisotopic (exact) mass is 535 g/mol. The van der Waals surface area contributed by atoms with Gasteiger partial charge in [-0.15, -0.1) is 0 Å². The number of methoxy groups -OCH3 is 1. The number of aromatic nitrogens is 1. The molecule has 1 heterocycles. The second kappa shape index (κ2) is 14.7. The molecule has 40 heavy (non-hydrogen) atoms. The van der Waals surface area contributed by atoms with Crippen LogP contribution in [0, 0.1) is 11.3 Å². The van der Waals surface area contributed by atoms with Crippen molar-refractivity contribution in [3.05, 3.63) is 102 Å². The van der Waals surface area contributed by atoms with E-state index in [-0.39, 0.29) is 18.4 Å². The summed E-state index contributed by atoms with van der Waals surface area (Å²) in [5, 5.41) is 18.7. The quantitative estimate of drug-likeness (QED) is 0.209. The summed E-state index contributed by atoms with van der Waals surface area (Å²) in [5.74, 6) is -0.413. The van der Waals surface area contributed by atoms with Crippen LogP contribution in [0.5, 0.6) is 0 Å². The molecular weight excluding hydrogens is 506 g/mol. The number of hydrogen-bond donors (Lipinski definition) is 3. The molecule has 0 fully saturated rings. The Hall–Kier alpha value is -5.17. The maximum atomic E-state index is 11.9. The van der Waals surface area contributed by atoms with Gasteiger partial charge in [0.1, 0.15) is 5.69 Å². The summed E-state index contributed by atoms with van der Waals surface area (Å²) < 4.78 is 5.25. The molecule has 9 nitrogen and oxygen atoms in total. The van der Waals surface area contributed by atoms with Crippen molar-refractivity contribution >= 4 is 40.2 Å². The number of likely N-dealkylation sites (N-methyl/N-ethyl adjacent to an activating group) is 1. The van der Waals surface area contributed by atoms with E-state index < -0.39 is 0 Å². The highest BCUT2D eigenvalue weighted by Crippen LogP contribution is 2.32. The van der Waals surface area contributed by atoms with Crippen molar-refractivity contribution in [2.75, 3.05) is 31.3 Å². The molecule has 0 radical (unpaired) electrons. The first kappa shape index (κ1) is 29.4. The Morgan fingerprint density at radius 2 is 1.82 bits per heavy atom. The van der Waals surface area contributed by atoms with Gasteiger partial charge in [-0.2, -0.15) is 5.26 Å². The van der Waals surface area contributed by atoms with Crippen molar-refractivity contribution < 1.29 is 19.1 Å². The van der Waals surface area contributed by atoms with Gasteiger partial charge in [-0.05, 0) is 54.9 Å². The highest BCUT2D eigenvalue weighted by Gasteiger charge is 2.12. The Labute approximate surface area is 232 Å². The molecule has 0 spiro atoms. The number of nitrogens with one attached hydrogen (secondary N) is 3. The van der Waals surface area contributed by atoms with E-state index >= 15 is 0 Å². The summed E-state index contributed by atoms with van der Waals surface area (Å²) in [6.45, 7) is 4.14. The number of pyridine rings is 1. The molecule has 0 bridgehead atoms. The van der Waals surface area contributed by atoms with Crippen LogP contribution in [0.25, 0.3) is 22.0 Å². The van der Waals surface area contributed by atoms with E-state index in [0.717, 1.165) is 28.2 Å². The van der Waals surface area contributed by atoms with E-state index in [1.165, 1.54) is 6.08 Å². The van der Waals surface area contributed by atoms with Crippen LogP contribution in [-0.2, 0) is 20.9 Å². The Bertz CT molecular complexity index is 1580. The van der Waals surface area contributed by atoms with Crippen molar-refractivity contribution in [1.82, 2.24) is 10.3 Å². The van der Waals surface area contributed by atoms with Crippen LogP contribution in [0.15, 0.2) is 85.5 Å². The van der Waals surface area contributed by atoms with Gasteiger partial charge < -0.3 is 20.7 Å². The SMILES string of the molecule is C=CC(=O)Nc1c(COC)ccc2ccc(-c3cccc(C=O)n3)cc12.CNCC(=O)Nc1cccc(C#N)c1. The van der Waals surface area contributed by atoms with Crippen LogP contribution < -0.4 is 16.0 Å². The lowest BCUT2D eigenvalue weighted by Crippen LogP contribution is -2.25. The largest absolute Gasteiger partial charge is 0.380 e. The van der Waals surface area contributed by atoms with Crippen molar-refractivity contribution in [3.63, 3.8) is 0 Å². The standard InChI is InChI=1S/C21H18N2O3.C10H11N3O/c1-3-20(25)23-21-16(13-26-2)10-8-14-7-9-15(11-18(14)21)19-6-4-5-17(12-24)22-19;1-12-7-10(14)13-9-4-2-3-8(5-9)6-11/h3-12H,1,13H2,2H3,(H,23,25);2-5,12H,7H2,1H3,(H,13,14). The van der Waals surface area contributed by atoms with Crippen molar-refractivity contribution in [3.8, 4) is 17.3 Å². The summed E-state index contributed by atoms with van der Waals surface area (Å²) in [6.07, 6.45) is 1.95. The molecule has 0 atom stereocenters. The minimum atomic E-state index is -0.290. The molecule has 202 valence electrons. The molecule has 0 aliphatic carbocycles. The molecular formula is C31H29N5O4. The number of amides is 2. The predicted octanol–water partition coefficient (Wildman–Crippen LogP) is 4.70. The third-order valence-electron chi connectivity index (χ3n) is 5.64. The average molecular weight is 536 g/mol. The van der Waals surface area contributed by atoms with Gasteiger partial charge in [0.05, 0.1) is 36.2 Å². The first-order chi connectivity index (χ1) is 19.4. The van der Waals surface area contributed by atoms with Crippen LogP contribution >= 0.6 is 0 Å². The molecule has 9 heteroatoms. The molecule has 0 unspecified atom stereocenters. The zero-order chi connectivity index (χ0) is 28.9. The number of anilines is 2. The number of ether oxygens (including phenoxy) is 1. The second-order valence-electron chi connectivity index (χ2n) is 8.50. The van der Waals surface area contributed by atoms with Crippen LogP contribution in [0.3, 0.4) is 0 Å². The first-order valence-corrected chi connectivity index (χ1v) is 12.3. The Morgan fingerprint density at radius 1 is 1.05 bits per heavy atom. The van der Waals surface area contributed by atoms with E-state index in [4.69, 9.17) is 10.00 Å². The maximum absolute atomic E-state index is 11.9. The van der Waals surface area contributed by atoms with E-state index in [2.05, 4.69) is 27.5 Å². The van der Waals surface area contributed by atoms with E-state index in [0.29, 0.717) is 34.9 Å². The molecule has 0 aliphatic rings. The molecule has 4 rings (SSSR count). The number of nitriles is 1. The summed E-state index contributed by atoms with van der Waals surface area (Å²) >= 11 is 0. The minimum absolute atomic E-state index is 0.123. The Balaban J connectivity index is 0.000000267. The summed E-state index contributed by atoms with van der Waals surface area (Å²) in [4.78, 5) is 38.4. The minimum Gasteiger partial charge on any atom is -0.380 e. The van der Waals surface area contributed by atoms with Crippen molar-refractivity contribution in [1.29, 1.82) is 5.26 Å². The number of carbonyl (C=O) groups is 3. The predicted molar refractivity (Wildman–Crippen MR) is 156 cm³/mol. The fourth-order valence-electron chi connectivity index (χ4n) is 3.83. The topological polar surface area (TPSA) is 133 Å². The number of hydrogen-bond acceptors (Lipinski definition) is 7. The molecule has 4 aromatic rings. The summed E-state index contributed by atoms with van der Waals surface area (Å²) in [5.41, 5.74) is 4.64. The number of aldehydes is 1. The van der Waals surface area contributed by atoms with Gasteiger partial charge in [-0.3, -0.25) is 14.4 Å². The maximum Gasteiger partial charge on any atom is 0.247 e. The van der Waals surface area contributed by atoms with Crippen LogP contribution in [0.1, 0.15) is 21.6 Å². The van der Waals surface area contributed by atoms with E-state index in [9.17, 15) is 14.4 Å². The Kier molecular flexibility index (Phi) is 10.8. The highest BCUT2D eigenvalue weighted by atomic mass is 16.5. The smallest absolute Gasteiger partial charge is 0.247 e. The zero-order valence-corrected chi connectivity index (χ0v) is 22.2. The van der Waals surface area contributed by atoms with Crippen LogP contribution in [0.4, 0.5) is 11.4 Å². The Morgan fingerprint density at radius 3 is 2.52 bits per heavy atom. The van der Waals surface area contributed by atoms with Gasteiger partial charge in [0.15, 0.2) is 6.29 Å². The normalized spacial score (nSPS) is 10.0. The molecule has 0 aliphatic heterocycles. The second-order valence-corrected chi connectivity index (χ2v) is 8.50. The van der Waals surface area contributed by atoms with Crippen molar-refractivity contribution in [2.24, 2.45) is 0 Å². The number of benzene rings is 3. The first-order valence-electron chi connectivity index (χ1n) is 12.3. The van der Waals surface area contributed by atoms with Crippen LogP contribution in [-0.4, -0.2) is 43.8 Å². The zero-order valence-electron chi connectivity index (χ0n) is 22.2. The van der Waals surface area contributed by atoms with Gasteiger partial charge in [-0.1, -0.05) is 43.0 Å². The third kappa shape index (κ3) is 7.91. The van der Waals surface area contributed by atoms with Gasteiger partial charge in [0, 0.05) is 29.3 Å². The van der Waals surface area contributed by atoms with E-state index in [1.807, 2.05) is 42.5 Å². The molecule has 2 amide bonds. The number of carbonyl (C=O) groups excluding carboxylic acids is 3. The highest BCUT2D eigenvalue weighted by molar-refractivity contribution is 6.07. The molecule has 0 saturated carbocycles. The lowest BCUT2D eigenvalue weighted by Gasteiger charge is -2.14. The fourth-order valence-corrected chi connectivity index (χ4v) is 3.83. The summed E-state index contributed by atoms with van der Waals surface area (Å²) in [7, 11) is 3.31. The molecule has 3 aromatic carbocycles. The van der Waals surface area contributed by atoms with Gasteiger partial charge in [-0.25, -0.2) is 4.98 Å². The fraction of sp³-hybridized carbons (Fsp3) is 0.129.